The number of thiazole rings is 1. The average Bonchev–Trinajstić information content (AvgIpc) is 2.65. The van der Waals surface area contributed by atoms with Crippen LogP contribution in [0.3, 0.4) is 0 Å². The maximum Gasteiger partial charge on any atom is 0.212 e. The highest BCUT2D eigenvalue weighted by Crippen LogP contribution is 2.15. The molecule has 0 fully saturated rings. The van der Waals surface area contributed by atoms with Gasteiger partial charge in [-0.3, -0.25) is 4.79 Å². The van der Waals surface area contributed by atoms with Crippen LogP contribution in [0.4, 0.5) is 0 Å². The van der Waals surface area contributed by atoms with Gasteiger partial charge in [-0.1, -0.05) is 24.3 Å². The van der Waals surface area contributed by atoms with Crippen LogP contribution in [0.25, 0.3) is 0 Å². The minimum atomic E-state index is 0.0115. The van der Waals surface area contributed by atoms with Gasteiger partial charge in [0.15, 0.2) is 0 Å². The Bertz CT molecular complexity index is 502. The number of aromatic nitrogens is 1. The van der Waals surface area contributed by atoms with E-state index in [1.165, 1.54) is 11.3 Å². The average molecular weight is 217 g/mol. The van der Waals surface area contributed by atoms with Crippen LogP contribution < -0.4 is 0 Å². The standard InChI is InChI=1S/C12H11NOS/c1-8-5-3-4-6-10(8)12(14)11-7-15-9(2)13-11/h3-7H,1-2H3. The summed E-state index contributed by atoms with van der Waals surface area (Å²) in [4.78, 5) is 16.2. The molecule has 0 amide bonds. The van der Waals surface area contributed by atoms with Crippen molar-refractivity contribution in [3.05, 3.63) is 51.5 Å². The number of carbonyl (C=O) groups is 1. The Morgan fingerprint density at radius 2 is 2.00 bits per heavy atom. The molecule has 76 valence electrons. The molecule has 0 bridgehead atoms. The highest BCUT2D eigenvalue weighted by Gasteiger charge is 2.13. The lowest BCUT2D eigenvalue weighted by atomic mass is 10.0. The van der Waals surface area contributed by atoms with Crippen molar-refractivity contribution in [3.63, 3.8) is 0 Å². The second kappa shape index (κ2) is 3.95. The number of ketones is 1. The predicted octanol–water partition coefficient (Wildman–Crippen LogP) is 2.99. The number of benzene rings is 1. The smallest absolute Gasteiger partial charge is 0.212 e. The van der Waals surface area contributed by atoms with Crippen LogP contribution in [0, 0.1) is 13.8 Å². The first kappa shape index (κ1) is 10.1. The van der Waals surface area contributed by atoms with Gasteiger partial charge in [-0.2, -0.15) is 0 Å². The van der Waals surface area contributed by atoms with Gasteiger partial charge in [0.1, 0.15) is 5.69 Å². The van der Waals surface area contributed by atoms with E-state index in [0.717, 1.165) is 16.1 Å². The van der Waals surface area contributed by atoms with E-state index in [1.807, 2.05) is 43.5 Å². The van der Waals surface area contributed by atoms with Gasteiger partial charge in [0.25, 0.3) is 0 Å². The Kier molecular flexibility index (Phi) is 2.64. The van der Waals surface area contributed by atoms with Gasteiger partial charge in [0, 0.05) is 10.9 Å². The first-order valence-corrected chi connectivity index (χ1v) is 5.59. The molecule has 0 saturated carbocycles. The highest BCUT2D eigenvalue weighted by molar-refractivity contribution is 7.09. The monoisotopic (exact) mass is 217 g/mol. The molecule has 0 aliphatic carbocycles. The third kappa shape index (κ3) is 1.97. The van der Waals surface area contributed by atoms with Gasteiger partial charge < -0.3 is 0 Å². The number of rotatable bonds is 2. The van der Waals surface area contributed by atoms with Crippen molar-refractivity contribution >= 4 is 17.1 Å². The molecule has 2 rings (SSSR count). The summed E-state index contributed by atoms with van der Waals surface area (Å²) in [6.45, 7) is 3.84. The van der Waals surface area contributed by atoms with Crippen molar-refractivity contribution in [2.24, 2.45) is 0 Å². The molecule has 0 atom stereocenters. The van der Waals surface area contributed by atoms with Crippen LogP contribution in [0.2, 0.25) is 0 Å². The highest BCUT2D eigenvalue weighted by atomic mass is 32.1. The molecule has 0 aliphatic heterocycles. The van der Waals surface area contributed by atoms with E-state index in [2.05, 4.69) is 4.98 Å². The van der Waals surface area contributed by atoms with Crippen molar-refractivity contribution in [3.8, 4) is 0 Å². The Hall–Kier alpha value is -1.48. The van der Waals surface area contributed by atoms with E-state index in [-0.39, 0.29) is 5.78 Å². The molecule has 0 spiro atoms. The number of hydrogen-bond donors (Lipinski definition) is 0. The van der Waals surface area contributed by atoms with Crippen LogP contribution in [-0.2, 0) is 0 Å². The fourth-order valence-electron chi connectivity index (χ4n) is 1.43. The second-order valence-electron chi connectivity index (χ2n) is 3.40. The summed E-state index contributed by atoms with van der Waals surface area (Å²) in [5.74, 6) is 0.0115. The zero-order valence-corrected chi connectivity index (χ0v) is 9.47. The van der Waals surface area contributed by atoms with E-state index in [9.17, 15) is 4.79 Å². The van der Waals surface area contributed by atoms with Crippen molar-refractivity contribution < 1.29 is 4.79 Å². The van der Waals surface area contributed by atoms with Crippen molar-refractivity contribution in [1.29, 1.82) is 0 Å². The van der Waals surface area contributed by atoms with Gasteiger partial charge in [0.05, 0.1) is 5.01 Å². The fraction of sp³-hybridized carbons (Fsp3) is 0.167. The van der Waals surface area contributed by atoms with Crippen LogP contribution in [0.5, 0.6) is 0 Å². The second-order valence-corrected chi connectivity index (χ2v) is 4.46. The molecule has 0 N–H and O–H groups in total. The van der Waals surface area contributed by atoms with Crippen molar-refractivity contribution in [1.82, 2.24) is 4.98 Å². The number of carbonyl (C=O) groups excluding carboxylic acids is 1. The fourth-order valence-corrected chi connectivity index (χ4v) is 2.03. The summed E-state index contributed by atoms with van der Waals surface area (Å²) < 4.78 is 0. The van der Waals surface area contributed by atoms with Crippen LogP contribution in [-0.4, -0.2) is 10.8 Å². The largest absolute Gasteiger partial charge is 0.287 e. The lowest BCUT2D eigenvalue weighted by molar-refractivity contribution is 0.103. The van der Waals surface area contributed by atoms with Crippen LogP contribution in [0.1, 0.15) is 26.6 Å². The SMILES string of the molecule is Cc1nc(C(=O)c2ccccc2C)cs1. The molecular formula is C12H11NOS. The third-order valence-corrected chi connectivity index (χ3v) is 3.01. The number of aryl methyl sites for hydroxylation is 2. The van der Waals surface area contributed by atoms with Gasteiger partial charge >= 0.3 is 0 Å². The molecule has 1 aromatic carbocycles. The Morgan fingerprint density at radius 1 is 1.27 bits per heavy atom. The number of nitrogens with zero attached hydrogens (tertiary/aromatic N) is 1. The first-order valence-electron chi connectivity index (χ1n) is 4.71. The summed E-state index contributed by atoms with van der Waals surface area (Å²) >= 11 is 1.50. The lowest BCUT2D eigenvalue weighted by Gasteiger charge is -2.01. The normalized spacial score (nSPS) is 10.3. The topological polar surface area (TPSA) is 30.0 Å². The molecule has 0 aliphatic rings. The summed E-state index contributed by atoms with van der Waals surface area (Å²) in [5, 5.41) is 2.73. The van der Waals surface area contributed by atoms with E-state index >= 15 is 0 Å². The lowest BCUT2D eigenvalue weighted by Crippen LogP contribution is -2.03. The summed E-state index contributed by atoms with van der Waals surface area (Å²) in [7, 11) is 0. The molecule has 0 unspecified atom stereocenters. The minimum absolute atomic E-state index is 0.0115. The van der Waals surface area contributed by atoms with Gasteiger partial charge in [0.2, 0.25) is 5.78 Å². The molecule has 3 heteroatoms. The summed E-state index contributed by atoms with van der Waals surface area (Å²) in [6.07, 6.45) is 0. The Morgan fingerprint density at radius 3 is 2.60 bits per heavy atom. The quantitative estimate of drug-likeness (QED) is 0.724. The molecule has 1 heterocycles. The maximum absolute atomic E-state index is 12.0. The zero-order valence-electron chi connectivity index (χ0n) is 8.65. The Labute approximate surface area is 92.6 Å². The van der Waals surface area contributed by atoms with E-state index in [4.69, 9.17) is 0 Å². The van der Waals surface area contributed by atoms with E-state index in [0.29, 0.717) is 5.69 Å². The zero-order chi connectivity index (χ0) is 10.8. The predicted molar refractivity (Wildman–Crippen MR) is 61.5 cm³/mol. The molecule has 0 radical (unpaired) electrons. The minimum Gasteiger partial charge on any atom is -0.287 e. The molecule has 2 nitrogen and oxygen atoms in total. The number of hydrogen-bond acceptors (Lipinski definition) is 3. The Balaban J connectivity index is 2.41. The van der Waals surface area contributed by atoms with Crippen LogP contribution in [0.15, 0.2) is 29.6 Å². The summed E-state index contributed by atoms with van der Waals surface area (Å²) in [5.41, 5.74) is 2.28. The third-order valence-electron chi connectivity index (χ3n) is 2.24. The summed E-state index contributed by atoms with van der Waals surface area (Å²) in [6, 6.07) is 7.58. The maximum atomic E-state index is 12.0. The van der Waals surface area contributed by atoms with Crippen molar-refractivity contribution in [2.45, 2.75) is 13.8 Å². The van der Waals surface area contributed by atoms with Gasteiger partial charge in [-0.15, -0.1) is 11.3 Å². The van der Waals surface area contributed by atoms with E-state index in [1.54, 1.807) is 0 Å². The van der Waals surface area contributed by atoms with Crippen molar-refractivity contribution in [2.75, 3.05) is 0 Å². The molecule has 15 heavy (non-hydrogen) atoms. The molecule has 2 aromatic rings. The first-order chi connectivity index (χ1) is 7.18. The van der Waals surface area contributed by atoms with E-state index < -0.39 is 0 Å². The van der Waals surface area contributed by atoms with Gasteiger partial charge in [-0.05, 0) is 19.4 Å². The molecule has 1 aromatic heterocycles. The van der Waals surface area contributed by atoms with Gasteiger partial charge in [-0.25, -0.2) is 4.98 Å². The molecular weight excluding hydrogens is 206 g/mol. The van der Waals surface area contributed by atoms with Crippen LogP contribution >= 0.6 is 11.3 Å². The molecule has 0 saturated heterocycles.